The Balaban J connectivity index is 1.61. The average Bonchev–Trinajstić information content (AvgIpc) is 3.10. The highest BCUT2D eigenvalue weighted by molar-refractivity contribution is 7.89. The van der Waals surface area contributed by atoms with E-state index in [9.17, 15) is 13.2 Å². The van der Waals surface area contributed by atoms with Gasteiger partial charge in [0.2, 0.25) is 15.9 Å². The first-order chi connectivity index (χ1) is 12.8. The summed E-state index contributed by atoms with van der Waals surface area (Å²) in [5, 5.41) is 10.6. The molecule has 2 heterocycles. The number of nitrogens with zero attached hydrogens (tertiary/aromatic N) is 2. The second-order valence-corrected chi connectivity index (χ2v) is 8.36. The summed E-state index contributed by atoms with van der Waals surface area (Å²) < 4.78 is 22.6. The van der Waals surface area contributed by atoms with E-state index in [1.165, 1.54) is 23.5 Å². The average molecular weight is 403 g/mol. The highest BCUT2D eigenvalue weighted by Crippen LogP contribution is 2.22. The molecule has 27 heavy (non-hydrogen) atoms. The van der Waals surface area contributed by atoms with Gasteiger partial charge in [0.15, 0.2) is 0 Å². The summed E-state index contributed by atoms with van der Waals surface area (Å²) in [7, 11) is -3.73. The van der Waals surface area contributed by atoms with Crippen molar-refractivity contribution in [3.05, 3.63) is 65.3 Å². The smallest absolute Gasteiger partial charge is 0.238 e. The summed E-state index contributed by atoms with van der Waals surface area (Å²) in [6, 6.07) is 11.4. The number of hydrogen-bond acceptors (Lipinski definition) is 6. The normalized spacial score (nSPS) is 12.5. The number of pyridine rings is 1. The molecule has 3 N–H and O–H groups in total. The maximum Gasteiger partial charge on any atom is 0.238 e. The van der Waals surface area contributed by atoms with E-state index in [2.05, 4.69) is 15.3 Å². The Morgan fingerprint density at radius 3 is 2.59 bits per heavy atom. The second-order valence-electron chi connectivity index (χ2n) is 5.94. The van der Waals surface area contributed by atoms with Crippen LogP contribution in [-0.2, 0) is 21.2 Å². The van der Waals surface area contributed by atoms with Crippen LogP contribution >= 0.6 is 11.3 Å². The van der Waals surface area contributed by atoms with Gasteiger partial charge in [-0.05, 0) is 36.8 Å². The molecule has 9 heteroatoms. The molecule has 0 saturated heterocycles. The van der Waals surface area contributed by atoms with Crippen LogP contribution in [0.15, 0.2) is 58.9 Å². The summed E-state index contributed by atoms with van der Waals surface area (Å²) >= 11 is 1.44. The third-order valence-corrected chi connectivity index (χ3v) is 5.71. The summed E-state index contributed by atoms with van der Waals surface area (Å²) in [4.78, 5) is 21.0. The zero-order valence-electron chi connectivity index (χ0n) is 14.5. The van der Waals surface area contributed by atoms with E-state index in [4.69, 9.17) is 5.14 Å². The molecule has 1 aromatic carbocycles. The van der Waals surface area contributed by atoms with Crippen molar-refractivity contribution in [2.75, 3.05) is 0 Å². The number of aromatic nitrogens is 2. The van der Waals surface area contributed by atoms with Crippen LogP contribution in [0, 0.1) is 0 Å². The lowest BCUT2D eigenvalue weighted by Crippen LogP contribution is -2.28. The molecule has 0 bridgehead atoms. The predicted molar refractivity (Wildman–Crippen MR) is 103 cm³/mol. The molecule has 1 amide bonds. The van der Waals surface area contributed by atoms with Gasteiger partial charge in [-0.25, -0.2) is 18.5 Å². The topological polar surface area (TPSA) is 115 Å². The molecule has 3 rings (SSSR count). The van der Waals surface area contributed by atoms with Gasteiger partial charge >= 0.3 is 0 Å². The van der Waals surface area contributed by atoms with Gasteiger partial charge in [-0.1, -0.05) is 18.2 Å². The molecule has 0 aliphatic heterocycles. The molecule has 1 atom stereocenters. The van der Waals surface area contributed by atoms with E-state index in [-0.39, 0.29) is 23.3 Å². The van der Waals surface area contributed by atoms with Crippen molar-refractivity contribution in [2.45, 2.75) is 24.3 Å². The number of nitrogens with two attached hydrogens (primary N) is 1. The zero-order valence-corrected chi connectivity index (χ0v) is 16.1. The monoisotopic (exact) mass is 402 g/mol. The molecule has 3 aromatic rings. The first-order valence-corrected chi connectivity index (χ1v) is 10.5. The van der Waals surface area contributed by atoms with E-state index in [0.717, 1.165) is 16.3 Å². The number of rotatable bonds is 6. The number of carbonyl (C=O) groups is 1. The fourth-order valence-electron chi connectivity index (χ4n) is 2.48. The van der Waals surface area contributed by atoms with Crippen LogP contribution in [0.25, 0.3) is 10.7 Å². The van der Waals surface area contributed by atoms with Gasteiger partial charge in [-0.15, -0.1) is 11.3 Å². The lowest BCUT2D eigenvalue weighted by Gasteiger charge is -2.14. The van der Waals surface area contributed by atoms with E-state index in [1.54, 1.807) is 18.3 Å². The Morgan fingerprint density at radius 2 is 1.96 bits per heavy atom. The van der Waals surface area contributed by atoms with Crippen LogP contribution in [-0.4, -0.2) is 24.3 Å². The minimum atomic E-state index is -3.73. The number of carbonyl (C=O) groups excluding carboxylic acids is 1. The van der Waals surface area contributed by atoms with Crippen LogP contribution in [0.1, 0.15) is 24.2 Å². The number of hydrogen-bond donors (Lipinski definition) is 2. The Bertz CT molecular complexity index is 1030. The van der Waals surface area contributed by atoms with Crippen molar-refractivity contribution in [2.24, 2.45) is 5.14 Å². The van der Waals surface area contributed by atoms with Gasteiger partial charge in [0, 0.05) is 11.6 Å². The zero-order chi connectivity index (χ0) is 19.4. The first-order valence-electron chi connectivity index (χ1n) is 8.11. The molecule has 140 valence electrons. The maximum absolute atomic E-state index is 12.3. The number of benzene rings is 1. The van der Waals surface area contributed by atoms with E-state index >= 15 is 0 Å². The van der Waals surface area contributed by atoms with Crippen LogP contribution in [0.4, 0.5) is 0 Å². The molecule has 0 aliphatic rings. The molecular weight excluding hydrogens is 384 g/mol. The minimum absolute atomic E-state index is 0.0364. The van der Waals surface area contributed by atoms with Crippen molar-refractivity contribution < 1.29 is 13.2 Å². The standard InChI is InChI=1S/C18H18N4O3S2/c1-12(13-5-7-15(8-6-13)27(19,24)25)21-17(23)10-14-11-26-18(22-14)16-4-2-3-9-20-16/h2-9,11-12H,10H2,1H3,(H,21,23)(H2,19,24,25)/t12-/m0/s1. The van der Waals surface area contributed by atoms with E-state index in [0.29, 0.717) is 5.69 Å². The number of thiazole rings is 1. The van der Waals surface area contributed by atoms with Crippen molar-refractivity contribution in [1.82, 2.24) is 15.3 Å². The summed E-state index contributed by atoms with van der Waals surface area (Å²) in [5.74, 6) is -0.170. The number of primary sulfonamides is 1. The van der Waals surface area contributed by atoms with Gasteiger partial charge in [0.05, 0.1) is 28.7 Å². The SMILES string of the molecule is C[C@H](NC(=O)Cc1csc(-c2ccccn2)n1)c1ccc(S(N)(=O)=O)cc1. The van der Waals surface area contributed by atoms with Gasteiger partial charge < -0.3 is 5.32 Å². The molecule has 2 aromatic heterocycles. The van der Waals surface area contributed by atoms with Crippen molar-refractivity contribution in [1.29, 1.82) is 0 Å². The lowest BCUT2D eigenvalue weighted by atomic mass is 10.1. The Hall–Kier alpha value is -2.62. The van der Waals surface area contributed by atoms with Gasteiger partial charge in [0.25, 0.3) is 0 Å². The molecule has 0 saturated carbocycles. The van der Waals surface area contributed by atoms with Crippen molar-refractivity contribution >= 4 is 27.3 Å². The lowest BCUT2D eigenvalue weighted by molar-refractivity contribution is -0.121. The Kier molecular flexibility index (Phi) is 5.64. The molecule has 0 spiro atoms. The van der Waals surface area contributed by atoms with E-state index in [1.807, 2.05) is 30.5 Å². The number of nitrogens with one attached hydrogen (secondary N) is 1. The minimum Gasteiger partial charge on any atom is -0.349 e. The molecule has 0 unspecified atom stereocenters. The predicted octanol–water partition coefficient (Wildman–Crippen LogP) is 2.27. The van der Waals surface area contributed by atoms with Crippen LogP contribution in [0.2, 0.25) is 0 Å². The Labute approximate surface area is 161 Å². The molecule has 0 radical (unpaired) electrons. The highest BCUT2D eigenvalue weighted by atomic mass is 32.2. The Morgan fingerprint density at radius 1 is 1.22 bits per heavy atom. The quantitative estimate of drug-likeness (QED) is 0.656. The largest absolute Gasteiger partial charge is 0.349 e. The van der Waals surface area contributed by atoms with Crippen LogP contribution < -0.4 is 10.5 Å². The van der Waals surface area contributed by atoms with Crippen molar-refractivity contribution in [3.8, 4) is 10.7 Å². The summed E-state index contributed by atoms with van der Waals surface area (Å²) in [5.41, 5.74) is 2.23. The molecule has 0 aliphatic carbocycles. The number of amides is 1. The highest BCUT2D eigenvalue weighted by Gasteiger charge is 2.14. The van der Waals surface area contributed by atoms with Gasteiger partial charge in [-0.3, -0.25) is 9.78 Å². The van der Waals surface area contributed by atoms with Crippen molar-refractivity contribution in [3.63, 3.8) is 0 Å². The van der Waals surface area contributed by atoms with E-state index < -0.39 is 10.0 Å². The summed E-state index contributed by atoms with van der Waals surface area (Å²) in [6.07, 6.45) is 1.86. The molecule has 7 nitrogen and oxygen atoms in total. The fraction of sp³-hybridized carbons (Fsp3) is 0.167. The second kappa shape index (κ2) is 7.95. The fourth-order valence-corrected chi connectivity index (χ4v) is 3.79. The third-order valence-electron chi connectivity index (χ3n) is 3.86. The third kappa shape index (κ3) is 4.97. The van der Waals surface area contributed by atoms with Crippen LogP contribution in [0.5, 0.6) is 0 Å². The first kappa shape index (κ1) is 19.2. The molecule has 0 fully saturated rings. The van der Waals surface area contributed by atoms with Gasteiger partial charge in [-0.2, -0.15) is 0 Å². The number of sulfonamides is 1. The van der Waals surface area contributed by atoms with Gasteiger partial charge in [0.1, 0.15) is 5.01 Å². The summed E-state index contributed by atoms with van der Waals surface area (Å²) in [6.45, 7) is 1.82. The maximum atomic E-state index is 12.3. The molecular formula is C18H18N4O3S2. The van der Waals surface area contributed by atoms with Crippen LogP contribution in [0.3, 0.4) is 0 Å².